The SMILES string of the molecule is CCC(CO)n1c(CO)cc(=O)c(O)c1CN1CCCCC1. The van der Waals surface area contributed by atoms with Crippen LogP contribution in [-0.2, 0) is 13.2 Å². The molecule has 1 unspecified atom stereocenters. The number of pyridine rings is 1. The topological polar surface area (TPSA) is 85.9 Å². The summed E-state index contributed by atoms with van der Waals surface area (Å²) >= 11 is 0. The lowest BCUT2D eigenvalue weighted by Gasteiger charge is -2.31. The molecule has 0 bridgehead atoms. The van der Waals surface area contributed by atoms with E-state index in [2.05, 4.69) is 4.90 Å². The lowest BCUT2D eigenvalue weighted by atomic mass is 10.1. The van der Waals surface area contributed by atoms with Crippen molar-refractivity contribution < 1.29 is 15.3 Å². The van der Waals surface area contributed by atoms with E-state index in [4.69, 9.17) is 0 Å². The van der Waals surface area contributed by atoms with Gasteiger partial charge in [-0.1, -0.05) is 13.3 Å². The normalized spacial score (nSPS) is 17.6. The van der Waals surface area contributed by atoms with Gasteiger partial charge in [0.15, 0.2) is 5.75 Å². The second-order valence-corrected chi connectivity index (χ2v) is 5.90. The first-order valence-electron chi connectivity index (χ1n) is 8.02. The van der Waals surface area contributed by atoms with Crippen LogP contribution in [0.15, 0.2) is 10.9 Å². The van der Waals surface area contributed by atoms with Crippen LogP contribution >= 0.6 is 0 Å². The third-order valence-electron chi connectivity index (χ3n) is 4.44. The van der Waals surface area contributed by atoms with Crippen LogP contribution in [0.3, 0.4) is 0 Å². The highest BCUT2D eigenvalue weighted by Gasteiger charge is 2.22. The first-order valence-corrected chi connectivity index (χ1v) is 8.02. The molecule has 2 rings (SSSR count). The molecule has 6 nitrogen and oxygen atoms in total. The zero-order valence-corrected chi connectivity index (χ0v) is 13.2. The number of rotatable bonds is 6. The van der Waals surface area contributed by atoms with Crippen molar-refractivity contribution in [3.05, 3.63) is 27.7 Å². The van der Waals surface area contributed by atoms with Crippen LogP contribution < -0.4 is 5.43 Å². The smallest absolute Gasteiger partial charge is 0.223 e. The van der Waals surface area contributed by atoms with E-state index in [1.807, 2.05) is 6.92 Å². The quantitative estimate of drug-likeness (QED) is 0.729. The first kappa shape index (κ1) is 17.0. The highest BCUT2D eigenvalue weighted by molar-refractivity contribution is 5.31. The number of aromatic nitrogens is 1. The fourth-order valence-corrected chi connectivity index (χ4v) is 3.17. The summed E-state index contributed by atoms with van der Waals surface area (Å²) in [7, 11) is 0. The zero-order valence-electron chi connectivity index (χ0n) is 13.2. The Morgan fingerprint density at radius 3 is 2.45 bits per heavy atom. The number of piperidine rings is 1. The number of aliphatic hydroxyl groups excluding tert-OH is 2. The lowest BCUT2D eigenvalue weighted by molar-refractivity contribution is 0.184. The molecular weight excluding hydrogens is 284 g/mol. The number of nitrogens with zero attached hydrogens (tertiary/aromatic N) is 2. The Balaban J connectivity index is 2.47. The molecule has 1 aliphatic heterocycles. The maximum Gasteiger partial charge on any atom is 0.223 e. The summed E-state index contributed by atoms with van der Waals surface area (Å²) in [4.78, 5) is 14.2. The highest BCUT2D eigenvalue weighted by Crippen LogP contribution is 2.25. The van der Waals surface area contributed by atoms with Crippen LogP contribution in [0.4, 0.5) is 0 Å². The van der Waals surface area contributed by atoms with Gasteiger partial charge in [-0.3, -0.25) is 9.69 Å². The average molecular weight is 310 g/mol. The van der Waals surface area contributed by atoms with Gasteiger partial charge in [-0.25, -0.2) is 0 Å². The molecule has 0 saturated carbocycles. The second-order valence-electron chi connectivity index (χ2n) is 5.90. The predicted molar refractivity (Wildman–Crippen MR) is 83.8 cm³/mol. The number of hydrogen-bond donors (Lipinski definition) is 3. The van der Waals surface area contributed by atoms with Crippen molar-refractivity contribution in [3.63, 3.8) is 0 Å². The Hall–Kier alpha value is -1.37. The van der Waals surface area contributed by atoms with Crippen LogP contribution in [0.5, 0.6) is 5.75 Å². The summed E-state index contributed by atoms with van der Waals surface area (Å²) in [5, 5.41) is 29.4. The molecule has 1 saturated heterocycles. The molecule has 0 amide bonds. The van der Waals surface area contributed by atoms with Gasteiger partial charge in [0.2, 0.25) is 5.43 Å². The Kier molecular flexibility index (Phi) is 5.99. The average Bonchev–Trinajstić information content (AvgIpc) is 2.55. The van der Waals surface area contributed by atoms with E-state index in [0.29, 0.717) is 24.4 Å². The molecule has 124 valence electrons. The second kappa shape index (κ2) is 7.76. The molecule has 1 fully saturated rings. The van der Waals surface area contributed by atoms with Crippen molar-refractivity contribution in [2.24, 2.45) is 0 Å². The van der Waals surface area contributed by atoms with Gasteiger partial charge in [-0.05, 0) is 32.4 Å². The molecule has 1 atom stereocenters. The molecule has 3 N–H and O–H groups in total. The van der Waals surface area contributed by atoms with E-state index in [0.717, 1.165) is 25.9 Å². The van der Waals surface area contributed by atoms with Crippen molar-refractivity contribution in [1.82, 2.24) is 9.47 Å². The highest BCUT2D eigenvalue weighted by atomic mass is 16.3. The molecule has 0 spiro atoms. The van der Waals surface area contributed by atoms with Gasteiger partial charge in [0.05, 0.1) is 24.9 Å². The van der Waals surface area contributed by atoms with E-state index < -0.39 is 5.43 Å². The van der Waals surface area contributed by atoms with Gasteiger partial charge >= 0.3 is 0 Å². The minimum atomic E-state index is -0.472. The predicted octanol–water partition coefficient (Wildman–Crippen LogP) is 0.976. The first-order chi connectivity index (χ1) is 10.6. The largest absolute Gasteiger partial charge is 0.503 e. The van der Waals surface area contributed by atoms with E-state index in [-0.39, 0.29) is 25.0 Å². The Morgan fingerprint density at radius 2 is 1.91 bits per heavy atom. The Morgan fingerprint density at radius 1 is 1.23 bits per heavy atom. The monoisotopic (exact) mass is 310 g/mol. The standard InChI is InChI=1S/C16H26N2O4/c1-2-12(10-19)18-13(11-20)8-15(21)16(22)14(18)9-17-6-4-3-5-7-17/h8,12,19-20,22H,2-7,9-11H2,1H3. The number of aliphatic hydroxyl groups is 2. The van der Waals surface area contributed by atoms with Crippen molar-refractivity contribution >= 4 is 0 Å². The van der Waals surface area contributed by atoms with Crippen LogP contribution in [0.25, 0.3) is 0 Å². The van der Waals surface area contributed by atoms with Gasteiger partial charge in [0, 0.05) is 18.3 Å². The van der Waals surface area contributed by atoms with Crippen LogP contribution in [0.2, 0.25) is 0 Å². The summed E-state index contributed by atoms with van der Waals surface area (Å²) in [5.74, 6) is -0.269. The van der Waals surface area contributed by atoms with Crippen molar-refractivity contribution in [1.29, 1.82) is 0 Å². The summed E-state index contributed by atoms with van der Waals surface area (Å²) < 4.78 is 1.74. The minimum Gasteiger partial charge on any atom is -0.503 e. The van der Waals surface area contributed by atoms with Gasteiger partial charge in [0.1, 0.15) is 0 Å². The molecule has 1 aliphatic rings. The van der Waals surface area contributed by atoms with Crippen molar-refractivity contribution in [2.75, 3.05) is 19.7 Å². The molecule has 0 aromatic carbocycles. The third-order valence-corrected chi connectivity index (χ3v) is 4.44. The van der Waals surface area contributed by atoms with E-state index in [9.17, 15) is 20.1 Å². The molecule has 0 aliphatic carbocycles. The molecular formula is C16H26N2O4. The van der Waals surface area contributed by atoms with E-state index in [1.165, 1.54) is 12.5 Å². The zero-order chi connectivity index (χ0) is 16.1. The summed E-state index contributed by atoms with van der Waals surface area (Å²) in [6, 6.07) is 1.00. The number of likely N-dealkylation sites (tertiary alicyclic amines) is 1. The number of aromatic hydroxyl groups is 1. The lowest BCUT2D eigenvalue weighted by Crippen LogP contribution is -2.33. The van der Waals surface area contributed by atoms with Gasteiger partial charge in [-0.15, -0.1) is 0 Å². The summed E-state index contributed by atoms with van der Waals surface area (Å²) in [5.41, 5.74) is 0.468. The number of hydrogen-bond acceptors (Lipinski definition) is 5. The van der Waals surface area contributed by atoms with E-state index >= 15 is 0 Å². The fourth-order valence-electron chi connectivity index (χ4n) is 3.17. The maximum absolute atomic E-state index is 12.0. The van der Waals surface area contributed by atoms with E-state index in [1.54, 1.807) is 4.57 Å². The van der Waals surface area contributed by atoms with Gasteiger partial charge in [-0.2, -0.15) is 0 Å². The maximum atomic E-state index is 12.0. The summed E-state index contributed by atoms with van der Waals surface area (Å²) in [6.07, 6.45) is 4.09. The fraction of sp³-hybridized carbons (Fsp3) is 0.688. The molecule has 6 heteroatoms. The molecule has 1 aromatic heterocycles. The van der Waals surface area contributed by atoms with Crippen molar-refractivity contribution in [3.8, 4) is 5.75 Å². The molecule has 0 radical (unpaired) electrons. The molecule has 2 heterocycles. The van der Waals surface area contributed by atoms with Gasteiger partial charge in [0.25, 0.3) is 0 Å². The molecule has 1 aromatic rings. The summed E-state index contributed by atoms with van der Waals surface area (Å²) in [6.45, 7) is 3.88. The Labute approximate surface area is 130 Å². The van der Waals surface area contributed by atoms with Crippen LogP contribution in [0.1, 0.15) is 50.0 Å². The Bertz CT molecular complexity index is 546. The van der Waals surface area contributed by atoms with Crippen LogP contribution in [0, 0.1) is 0 Å². The van der Waals surface area contributed by atoms with Gasteiger partial charge < -0.3 is 19.9 Å². The molecule has 22 heavy (non-hydrogen) atoms. The van der Waals surface area contributed by atoms with Crippen molar-refractivity contribution in [2.45, 2.75) is 51.8 Å². The minimum absolute atomic E-state index is 0.0984. The third kappa shape index (κ3) is 3.51. The van der Waals surface area contributed by atoms with Crippen LogP contribution in [-0.4, -0.2) is 44.5 Å².